The summed E-state index contributed by atoms with van der Waals surface area (Å²) in [6.07, 6.45) is 4.68. The van der Waals surface area contributed by atoms with Crippen LogP contribution >= 0.6 is 0 Å². The molecule has 0 heterocycles. The zero-order chi connectivity index (χ0) is 12.4. The van der Waals surface area contributed by atoms with Crippen molar-refractivity contribution in [3.05, 3.63) is 11.6 Å². The van der Waals surface area contributed by atoms with Crippen LogP contribution in [0.4, 0.5) is 0 Å². The first kappa shape index (κ1) is 15.1. The first-order valence-corrected chi connectivity index (χ1v) is 5.83. The Bertz CT molecular complexity index is 220. The number of aliphatic hydroxyl groups excluding tert-OH is 1. The van der Waals surface area contributed by atoms with Gasteiger partial charge in [0.15, 0.2) is 0 Å². The molecule has 4 nitrogen and oxygen atoms in total. The molecule has 1 atom stereocenters. The number of aliphatic hydroxyl groups is 1. The van der Waals surface area contributed by atoms with Gasteiger partial charge in [0.2, 0.25) is 0 Å². The van der Waals surface area contributed by atoms with Crippen molar-refractivity contribution in [1.82, 2.24) is 5.32 Å². The van der Waals surface area contributed by atoms with Crippen molar-refractivity contribution >= 4 is 5.97 Å². The number of carboxylic acid groups (broad SMARTS) is 1. The summed E-state index contributed by atoms with van der Waals surface area (Å²) in [5.74, 6) is -0.393. The third kappa shape index (κ3) is 7.43. The maximum absolute atomic E-state index is 10.5. The molecule has 0 fully saturated rings. The van der Waals surface area contributed by atoms with Crippen LogP contribution in [0, 0.1) is 5.92 Å². The van der Waals surface area contributed by atoms with Crippen LogP contribution in [0.3, 0.4) is 0 Å². The highest BCUT2D eigenvalue weighted by Crippen LogP contribution is 2.09. The Morgan fingerprint density at radius 2 is 2.12 bits per heavy atom. The number of aliphatic carboxylic acids is 1. The third-order valence-corrected chi connectivity index (χ3v) is 2.56. The Morgan fingerprint density at radius 3 is 2.62 bits per heavy atom. The summed E-state index contributed by atoms with van der Waals surface area (Å²) in [5, 5.41) is 20.7. The van der Waals surface area contributed by atoms with Crippen molar-refractivity contribution in [2.24, 2.45) is 5.92 Å². The maximum Gasteiger partial charge on any atom is 0.330 e. The van der Waals surface area contributed by atoms with Gasteiger partial charge in [-0.2, -0.15) is 0 Å². The minimum Gasteiger partial charge on any atom is -0.478 e. The topological polar surface area (TPSA) is 69.6 Å². The maximum atomic E-state index is 10.5. The van der Waals surface area contributed by atoms with E-state index in [2.05, 4.69) is 12.2 Å². The summed E-state index contributed by atoms with van der Waals surface area (Å²) in [4.78, 5) is 10.5. The van der Waals surface area contributed by atoms with Gasteiger partial charge >= 0.3 is 5.97 Å². The van der Waals surface area contributed by atoms with E-state index in [0.29, 0.717) is 18.0 Å². The van der Waals surface area contributed by atoms with Gasteiger partial charge < -0.3 is 15.5 Å². The molecule has 1 unspecified atom stereocenters. The lowest BCUT2D eigenvalue weighted by atomic mass is 10.0. The molecule has 0 aromatic rings. The van der Waals surface area contributed by atoms with Crippen LogP contribution in [0.2, 0.25) is 0 Å². The molecule has 94 valence electrons. The lowest BCUT2D eigenvalue weighted by Crippen LogP contribution is -2.24. The predicted octanol–water partition coefficient (Wildman–Crippen LogP) is 1.41. The largest absolute Gasteiger partial charge is 0.478 e. The summed E-state index contributed by atoms with van der Waals surface area (Å²) in [7, 11) is 0. The van der Waals surface area contributed by atoms with Gasteiger partial charge in [-0.15, -0.1) is 0 Å². The van der Waals surface area contributed by atoms with Gasteiger partial charge in [-0.05, 0) is 32.2 Å². The van der Waals surface area contributed by atoms with Crippen LogP contribution in [0.1, 0.15) is 33.1 Å². The van der Waals surface area contributed by atoms with E-state index in [0.717, 1.165) is 25.8 Å². The second-order valence-corrected chi connectivity index (χ2v) is 4.02. The minimum atomic E-state index is -0.873. The lowest BCUT2D eigenvalue weighted by Gasteiger charge is -2.14. The molecule has 0 saturated heterocycles. The molecular weight excluding hydrogens is 206 g/mol. The van der Waals surface area contributed by atoms with E-state index >= 15 is 0 Å². The Kier molecular flexibility index (Phi) is 8.85. The normalized spacial score (nSPS) is 13.8. The van der Waals surface area contributed by atoms with Crippen molar-refractivity contribution in [2.75, 3.05) is 19.7 Å². The highest BCUT2D eigenvalue weighted by atomic mass is 16.4. The molecule has 0 spiro atoms. The second kappa shape index (κ2) is 9.36. The quantitative estimate of drug-likeness (QED) is 0.413. The molecule has 0 aromatic carbocycles. The third-order valence-electron chi connectivity index (χ3n) is 2.56. The SMILES string of the molecule is CCCC(CCO)CNC/C=C(/C)C(=O)O. The van der Waals surface area contributed by atoms with E-state index in [1.807, 2.05) is 0 Å². The van der Waals surface area contributed by atoms with E-state index in [1.165, 1.54) is 0 Å². The summed E-state index contributed by atoms with van der Waals surface area (Å²) >= 11 is 0. The van der Waals surface area contributed by atoms with Gasteiger partial charge in [-0.1, -0.05) is 19.4 Å². The summed E-state index contributed by atoms with van der Waals surface area (Å²) < 4.78 is 0. The zero-order valence-corrected chi connectivity index (χ0v) is 10.2. The molecular formula is C12H23NO3. The van der Waals surface area contributed by atoms with Crippen molar-refractivity contribution in [3.63, 3.8) is 0 Å². The van der Waals surface area contributed by atoms with Gasteiger partial charge in [-0.3, -0.25) is 0 Å². The summed E-state index contributed by atoms with van der Waals surface area (Å²) in [6.45, 7) is 5.33. The molecule has 0 amide bonds. The molecule has 0 aliphatic rings. The van der Waals surface area contributed by atoms with E-state index in [4.69, 9.17) is 10.2 Å². The Labute approximate surface area is 97.4 Å². The van der Waals surface area contributed by atoms with E-state index < -0.39 is 5.97 Å². The van der Waals surface area contributed by atoms with Crippen molar-refractivity contribution in [2.45, 2.75) is 33.1 Å². The van der Waals surface area contributed by atoms with Crippen LogP contribution in [0.15, 0.2) is 11.6 Å². The smallest absolute Gasteiger partial charge is 0.330 e. The van der Waals surface area contributed by atoms with E-state index in [9.17, 15) is 4.79 Å². The van der Waals surface area contributed by atoms with Crippen LogP contribution in [0.25, 0.3) is 0 Å². The van der Waals surface area contributed by atoms with Gasteiger partial charge in [0.05, 0.1) is 0 Å². The Hall–Kier alpha value is -0.870. The average Bonchev–Trinajstić information content (AvgIpc) is 2.24. The van der Waals surface area contributed by atoms with Crippen molar-refractivity contribution in [3.8, 4) is 0 Å². The highest BCUT2D eigenvalue weighted by Gasteiger charge is 2.06. The van der Waals surface area contributed by atoms with Gasteiger partial charge in [0.1, 0.15) is 0 Å². The molecule has 4 heteroatoms. The number of hydrogen-bond acceptors (Lipinski definition) is 3. The molecule has 0 aliphatic carbocycles. The molecule has 0 aromatic heterocycles. The Morgan fingerprint density at radius 1 is 1.44 bits per heavy atom. The number of rotatable bonds is 9. The van der Waals surface area contributed by atoms with Crippen LogP contribution in [-0.2, 0) is 4.79 Å². The summed E-state index contributed by atoms with van der Waals surface area (Å²) in [6, 6.07) is 0. The first-order chi connectivity index (χ1) is 7.61. The van der Waals surface area contributed by atoms with E-state index in [1.54, 1.807) is 13.0 Å². The van der Waals surface area contributed by atoms with Gasteiger partial charge in [0, 0.05) is 18.7 Å². The minimum absolute atomic E-state index is 0.219. The number of nitrogens with one attached hydrogen (secondary N) is 1. The fourth-order valence-electron chi connectivity index (χ4n) is 1.54. The molecule has 0 bridgehead atoms. The van der Waals surface area contributed by atoms with E-state index in [-0.39, 0.29) is 6.61 Å². The second-order valence-electron chi connectivity index (χ2n) is 4.02. The fourth-order valence-corrected chi connectivity index (χ4v) is 1.54. The molecule has 0 radical (unpaired) electrons. The fraction of sp³-hybridized carbons (Fsp3) is 0.750. The Balaban J connectivity index is 3.76. The molecule has 0 rings (SSSR count). The highest BCUT2D eigenvalue weighted by molar-refractivity contribution is 5.85. The molecule has 16 heavy (non-hydrogen) atoms. The number of hydrogen-bond donors (Lipinski definition) is 3. The van der Waals surface area contributed by atoms with Crippen LogP contribution in [-0.4, -0.2) is 35.9 Å². The van der Waals surface area contributed by atoms with Crippen molar-refractivity contribution in [1.29, 1.82) is 0 Å². The number of carboxylic acids is 1. The standard InChI is InChI=1S/C12H23NO3/c1-3-4-11(6-8-14)9-13-7-5-10(2)12(15)16/h5,11,13-14H,3-4,6-9H2,1-2H3,(H,15,16)/b10-5-. The average molecular weight is 229 g/mol. The molecule has 3 N–H and O–H groups in total. The number of carbonyl (C=O) groups is 1. The first-order valence-electron chi connectivity index (χ1n) is 5.83. The molecule has 0 aliphatic heterocycles. The predicted molar refractivity (Wildman–Crippen MR) is 64.4 cm³/mol. The zero-order valence-electron chi connectivity index (χ0n) is 10.2. The monoisotopic (exact) mass is 229 g/mol. The molecule has 0 saturated carbocycles. The van der Waals surface area contributed by atoms with Gasteiger partial charge in [0.25, 0.3) is 0 Å². The lowest BCUT2D eigenvalue weighted by molar-refractivity contribution is -0.132. The van der Waals surface area contributed by atoms with Crippen LogP contribution in [0.5, 0.6) is 0 Å². The van der Waals surface area contributed by atoms with Crippen molar-refractivity contribution < 1.29 is 15.0 Å². The van der Waals surface area contributed by atoms with Gasteiger partial charge in [-0.25, -0.2) is 4.79 Å². The van der Waals surface area contributed by atoms with Crippen LogP contribution < -0.4 is 5.32 Å². The summed E-state index contributed by atoms with van der Waals surface area (Å²) in [5.41, 5.74) is 0.363.